The summed E-state index contributed by atoms with van der Waals surface area (Å²) in [5.74, 6) is 1.27. The van der Waals surface area contributed by atoms with Crippen molar-refractivity contribution in [1.29, 1.82) is 0 Å². The van der Waals surface area contributed by atoms with E-state index >= 15 is 0 Å². The summed E-state index contributed by atoms with van der Waals surface area (Å²) < 4.78 is 34.2. The summed E-state index contributed by atoms with van der Waals surface area (Å²) in [6.45, 7) is 6.94. The zero-order valence-corrected chi connectivity index (χ0v) is 18.1. The molecule has 1 aromatic carbocycles. The van der Waals surface area contributed by atoms with Crippen LogP contribution in [0, 0.1) is 19.8 Å². The third-order valence-corrected chi connectivity index (χ3v) is 6.39. The van der Waals surface area contributed by atoms with E-state index < -0.39 is 18.6 Å². The van der Waals surface area contributed by atoms with Gasteiger partial charge in [0.25, 0.3) is 12.3 Å². The summed E-state index contributed by atoms with van der Waals surface area (Å²) in [6.07, 6.45) is 0.0489. The van der Waals surface area contributed by atoms with Crippen molar-refractivity contribution in [3.8, 4) is 5.75 Å². The first-order valence-electron chi connectivity index (χ1n) is 10.8. The molecule has 0 unspecified atom stereocenters. The number of nitrogens with zero attached hydrogens (tertiary/aromatic N) is 4. The molecule has 1 fully saturated rings. The highest BCUT2D eigenvalue weighted by atomic mass is 19.3. The maximum absolute atomic E-state index is 13.5. The number of anilines is 1. The molecule has 1 saturated heterocycles. The minimum Gasteiger partial charge on any atom is -0.481 e. The second-order valence-electron chi connectivity index (χ2n) is 8.61. The molecule has 0 spiro atoms. The number of rotatable bonds is 5. The molecule has 1 amide bonds. The maximum atomic E-state index is 13.5. The minimum atomic E-state index is -2.49. The zero-order chi connectivity index (χ0) is 22.1. The van der Waals surface area contributed by atoms with Gasteiger partial charge in [0.2, 0.25) is 5.95 Å². The first-order chi connectivity index (χ1) is 14.8. The van der Waals surface area contributed by atoms with E-state index in [-0.39, 0.29) is 17.9 Å². The average molecular weight is 434 g/mol. The fourth-order valence-electron chi connectivity index (χ4n) is 4.65. The van der Waals surface area contributed by atoms with Crippen LogP contribution in [0.4, 0.5) is 14.7 Å². The number of carbonyl (C=O) groups excluding carboxylic acids is 1. The van der Waals surface area contributed by atoms with Crippen LogP contribution in [0.25, 0.3) is 0 Å². The fraction of sp³-hybridized carbons (Fsp3) is 0.591. The second-order valence-corrected chi connectivity index (χ2v) is 8.61. The smallest absolute Gasteiger partial charge is 0.263 e. The number of amides is 1. The van der Waals surface area contributed by atoms with E-state index in [1.807, 2.05) is 36.9 Å². The van der Waals surface area contributed by atoms with Crippen LogP contribution in [0.3, 0.4) is 0 Å². The average Bonchev–Trinajstić information content (AvgIpc) is 3.23. The van der Waals surface area contributed by atoms with Crippen molar-refractivity contribution in [2.75, 3.05) is 18.4 Å². The van der Waals surface area contributed by atoms with Gasteiger partial charge in [-0.25, -0.2) is 13.5 Å². The van der Waals surface area contributed by atoms with Crippen molar-refractivity contribution in [1.82, 2.24) is 19.7 Å². The topological polar surface area (TPSA) is 72.3 Å². The van der Waals surface area contributed by atoms with Crippen LogP contribution in [-0.4, -0.2) is 57.2 Å². The van der Waals surface area contributed by atoms with Crippen LogP contribution in [0.2, 0.25) is 0 Å². The zero-order valence-electron chi connectivity index (χ0n) is 18.1. The number of halogens is 2. The standard InChI is InChI=1S/C22H29F2N5O2/c1-13-4-5-19(14(2)10-13)31-15(3)21(30)28-8-6-16(7-9-28)17-11-18(20(23)24)29-22(27-17)25-12-26-29/h4-5,10,12,15-18,20H,6-9,11H2,1-3H3,(H,25,26,27)/t15-,17+,18-/m1/s1. The Bertz CT molecular complexity index is 926. The van der Waals surface area contributed by atoms with Gasteiger partial charge in [-0.05, 0) is 57.6 Å². The van der Waals surface area contributed by atoms with Gasteiger partial charge in [0.05, 0.1) is 0 Å². The van der Waals surface area contributed by atoms with Gasteiger partial charge in [0.15, 0.2) is 6.10 Å². The van der Waals surface area contributed by atoms with Gasteiger partial charge in [-0.3, -0.25) is 4.79 Å². The Labute approximate surface area is 180 Å². The number of likely N-dealkylation sites (tertiary alicyclic amines) is 1. The molecule has 2 aliphatic rings. The number of hydrogen-bond acceptors (Lipinski definition) is 5. The van der Waals surface area contributed by atoms with E-state index in [1.54, 1.807) is 6.92 Å². The van der Waals surface area contributed by atoms with Crippen molar-refractivity contribution in [3.63, 3.8) is 0 Å². The van der Waals surface area contributed by atoms with E-state index in [4.69, 9.17) is 4.74 Å². The molecule has 9 heteroatoms. The molecule has 0 radical (unpaired) electrons. The van der Waals surface area contributed by atoms with Crippen LogP contribution < -0.4 is 10.1 Å². The van der Waals surface area contributed by atoms with Crippen LogP contribution in [0.5, 0.6) is 5.75 Å². The number of ether oxygens (including phenoxy) is 1. The molecule has 2 aliphatic heterocycles. The number of aryl methyl sites for hydroxylation is 2. The molecule has 4 rings (SSSR count). The highest BCUT2D eigenvalue weighted by Crippen LogP contribution is 2.35. The molecule has 2 aromatic rings. The van der Waals surface area contributed by atoms with Crippen molar-refractivity contribution in [2.45, 2.75) is 64.6 Å². The fourth-order valence-corrected chi connectivity index (χ4v) is 4.65. The van der Waals surface area contributed by atoms with Crippen LogP contribution >= 0.6 is 0 Å². The lowest BCUT2D eigenvalue weighted by Crippen LogP contribution is -2.48. The molecule has 1 aromatic heterocycles. The quantitative estimate of drug-likeness (QED) is 0.780. The van der Waals surface area contributed by atoms with E-state index in [0.717, 1.165) is 29.7 Å². The van der Waals surface area contributed by atoms with E-state index in [2.05, 4.69) is 15.4 Å². The number of carbonyl (C=O) groups is 1. The first kappa shape index (κ1) is 21.5. The summed E-state index contributed by atoms with van der Waals surface area (Å²) >= 11 is 0. The number of benzene rings is 1. The minimum absolute atomic E-state index is 0.0415. The summed E-state index contributed by atoms with van der Waals surface area (Å²) in [7, 11) is 0. The van der Waals surface area contributed by atoms with Crippen molar-refractivity contribution < 1.29 is 18.3 Å². The second kappa shape index (κ2) is 8.80. The number of nitrogens with one attached hydrogen (secondary N) is 1. The van der Waals surface area contributed by atoms with Gasteiger partial charge < -0.3 is 15.0 Å². The summed E-state index contributed by atoms with van der Waals surface area (Å²) in [4.78, 5) is 18.8. The highest BCUT2D eigenvalue weighted by Gasteiger charge is 2.39. The SMILES string of the molecule is Cc1ccc(O[C@H](C)C(=O)N2CCC([C@@H]3C[C@H](C(F)F)n4ncnc4N3)CC2)c(C)c1. The third-order valence-electron chi connectivity index (χ3n) is 6.39. The molecule has 0 saturated carbocycles. The Morgan fingerprint density at radius 1 is 1.26 bits per heavy atom. The Kier molecular flexibility index (Phi) is 6.11. The van der Waals surface area contributed by atoms with Crippen molar-refractivity contribution in [2.24, 2.45) is 5.92 Å². The molecular weight excluding hydrogens is 404 g/mol. The van der Waals surface area contributed by atoms with Gasteiger partial charge in [-0.15, -0.1) is 0 Å². The van der Waals surface area contributed by atoms with E-state index in [9.17, 15) is 13.6 Å². The number of aromatic nitrogens is 3. The Morgan fingerprint density at radius 3 is 2.68 bits per heavy atom. The lowest BCUT2D eigenvalue weighted by molar-refractivity contribution is -0.139. The van der Waals surface area contributed by atoms with Crippen molar-refractivity contribution in [3.05, 3.63) is 35.7 Å². The molecule has 31 heavy (non-hydrogen) atoms. The van der Waals surface area contributed by atoms with Crippen LogP contribution in [-0.2, 0) is 4.79 Å². The molecule has 1 N–H and O–H groups in total. The maximum Gasteiger partial charge on any atom is 0.263 e. The van der Waals surface area contributed by atoms with Gasteiger partial charge in [0, 0.05) is 19.1 Å². The molecule has 3 atom stereocenters. The molecule has 0 aliphatic carbocycles. The number of fused-ring (bicyclic) bond motifs is 1. The summed E-state index contributed by atoms with van der Waals surface area (Å²) in [5.41, 5.74) is 2.15. The number of piperidine rings is 1. The van der Waals surface area contributed by atoms with Gasteiger partial charge in [0.1, 0.15) is 18.1 Å². The van der Waals surface area contributed by atoms with Crippen LogP contribution in [0.1, 0.15) is 43.4 Å². The predicted octanol–water partition coefficient (Wildman–Crippen LogP) is 3.59. The Balaban J connectivity index is 1.33. The first-order valence-corrected chi connectivity index (χ1v) is 10.8. The lowest BCUT2D eigenvalue weighted by Gasteiger charge is -2.40. The number of alkyl halides is 2. The predicted molar refractivity (Wildman–Crippen MR) is 112 cm³/mol. The monoisotopic (exact) mass is 433 g/mol. The van der Waals surface area contributed by atoms with Gasteiger partial charge >= 0.3 is 0 Å². The Morgan fingerprint density at radius 2 is 2.00 bits per heavy atom. The molecule has 3 heterocycles. The summed E-state index contributed by atoms with van der Waals surface area (Å²) in [5, 5.41) is 7.20. The molecule has 168 valence electrons. The molecular formula is C22H29F2N5O2. The van der Waals surface area contributed by atoms with Gasteiger partial charge in [-0.2, -0.15) is 10.1 Å². The van der Waals surface area contributed by atoms with E-state index in [1.165, 1.54) is 11.0 Å². The molecule has 0 bridgehead atoms. The van der Waals surface area contributed by atoms with Crippen molar-refractivity contribution >= 4 is 11.9 Å². The largest absolute Gasteiger partial charge is 0.481 e. The lowest BCUT2D eigenvalue weighted by atomic mass is 9.85. The highest BCUT2D eigenvalue weighted by molar-refractivity contribution is 5.81. The van der Waals surface area contributed by atoms with Gasteiger partial charge in [-0.1, -0.05) is 17.7 Å². The number of hydrogen-bond donors (Lipinski definition) is 1. The third kappa shape index (κ3) is 4.50. The summed E-state index contributed by atoms with van der Waals surface area (Å²) in [6, 6.07) is 4.83. The van der Waals surface area contributed by atoms with E-state index in [0.29, 0.717) is 25.5 Å². The normalized spacial score (nSPS) is 22.7. The molecule has 7 nitrogen and oxygen atoms in total. The Hall–Kier alpha value is -2.71. The van der Waals surface area contributed by atoms with Crippen LogP contribution in [0.15, 0.2) is 24.5 Å².